The molecule has 130 valence electrons. The molecule has 0 radical (unpaired) electrons. The lowest BCUT2D eigenvalue weighted by molar-refractivity contribution is -0.111. The minimum absolute atomic E-state index is 0.0115. The van der Waals surface area contributed by atoms with Crippen molar-refractivity contribution in [1.29, 1.82) is 0 Å². The number of sulfonamides is 1. The lowest BCUT2D eigenvalue weighted by atomic mass is 10.2. The van der Waals surface area contributed by atoms with Gasteiger partial charge in [-0.3, -0.25) is 4.79 Å². The van der Waals surface area contributed by atoms with Crippen LogP contribution in [0.2, 0.25) is 0 Å². The summed E-state index contributed by atoms with van der Waals surface area (Å²) in [4.78, 5) is 12.1. The Morgan fingerprint density at radius 2 is 1.88 bits per heavy atom. The number of nitrogens with one attached hydrogen (secondary N) is 2. The van der Waals surface area contributed by atoms with Crippen molar-refractivity contribution >= 4 is 27.7 Å². The van der Waals surface area contributed by atoms with Crippen LogP contribution in [-0.4, -0.2) is 20.4 Å². The van der Waals surface area contributed by atoms with Crippen LogP contribution in [0.3, 0.4) is 0 Å². The molecule has 2 aromatic carbocycles. The number of hydrogen-bond donors (Lipinski definition) is 2. The topological polar surface area (TPSA) is 75.3 Å². The van der Waals surface area contributed by atoms with Gasteiger partial charge in [-0.15, -0.1) is 0 Å². The van der Waals surface area contributed by atoms with E-state index in [1.165, 1.54) is 36.4 Å². The Morgan fingerprint density at radius 1 is 1.12 bits per heavy atom. The van der Waals surface area contributed by atoms with Crippen molar-refractivity contribution in [2.75, 3.05) is 5.32 Å². The first kappa shape index (κ1) is 17.3. The first-order chi connectivity index (χ1) is 11.9. The number of anilines is 1. The van der Waals surface area contributed by atoms with Crippen molar-refractivity contribution in [2.45, 2.75) is 23.8 Å². The molecule has 0 saturated heterocycles. The van der Waals surface area contributed by atoms with Gasteiger partial charge in [0, 0.05) is 17.8 Å². The van der Waals surface area contributed by atoms with E-state index in [0.717, 1.165) is 12.8 Å². The maximum Gasteiger partial charge on any atom is 0.248 e. The van der Waals surface area contributed by atoms with E-state index in [2.05, 4.69) is 10.0 Å². The van der Waals surface area contributed by atoms with Crippen molar-refractivity contribution in [2.24, 2.45) is 0 Å². The van der Waals surface area contributed by atoms with Gasteiger partial charge in [0.2, 0.25) is 15.9 Å². The molecule has 1 fully saturated rings. The molecule has 2 N–H and O–H groups in total. The Balaban J connectivity index is 1.68. The van der Waals surface area contributed by atoms with E-state index in [4.69, 9.17) is 0 Å². The lowest BCUT2D eigenvalue weighted by Gasteiger charge is -2.08. The van der Waals surface area contributed by atoms with Gasteiger partial charge in [0.25, 0.3) is 0 Å². The molecule has 1 aliphatic rings. The van der Waals surface area contributed by atoms with Gasteiger partial charge in [-0.2, -0.15) is 0 Å². The van der Waals surface area contributed by atoms with Crippen LogP contribution in [0.15, 0.2) is 59.5 Å². The SMILES string of the molecule is O=C(/C=C/c1cccc(F)c1)Nc1cccc(S(=O)(=O)NC2CC2)c1. The third-order valence-electron chi connectivity index (χ3n) is 3.59. The minimum Gasteiger partial charge on any atom is -0.322 e. The molecule has 0 bridgehead atoms. The monoisotopic (exact) mass is 360 g/mol. The predicted octanol–water partition coefficient (Wildman–Crippen LogP) is 2.92. The standard InChI is InChI=1S/C18H17FN2O3S/c19-14-4-1-3-13(11-14)7-10-18(22)20-16-5-2-6-17(12-16)25(23,24)21-15-8-9-15/h1-7,10-12,15,21H,8-9H2,(H,20,22)/b10-7+. The van der Waals surface area contributed by atoms with Crippen molar-refractivity contribution in [1.82, 2.24) is 4.72 Å². The first-order valence-electron chi connectivity index (χ1n) is 7.79. The molecule has 0 aliphatic heterocycles. The highest BCUT2D eigenvalue weighted by Gasteiger charge is 2.28. The van der Waals surface area contributed by atoms with Crippen LogP contribution in [0.4, 0.5) is 10.1 Å². The molecular formula is C18H17FN2O3S. The summed E-state index contributed by atoms with van der Waals surface area (Å²) >= 11 is 0. The van der Waals surface area contributed by atoms with E-state index < -0.39 is 15.9 Å². The van der Waals surface area contributed by atoms with Crippen LogP contribution in [0.25, 0.3) is 6.08 Å². The van der Waals surface area contributed by atoms with Gasteiger partial charge in [0.05, 0.1) is 4.90 Å². The van der Waals surface area contributed by atoms with E-state index in [1.54, 1.807) is 24.3 Å². The Morgan fingerprint density at radius 3 is 2.60 bits per heavy atom. The molecule has 0 aromatic heterocycles. The zero-order valence-electron chi connectivity index (χ0n) is 13.3. The quantitative estimate of drug-likeness (QED) is 0.778. The van der Waals surface area contributed by atoms with E-state index >= 15 is 0 Å². The highest BCUT2D eigenvalue weighted by Crippen LogP contribution is 2.23. The Bertz CT molecular complexity index is 921. The van der Waals surface area contributed by atoms with Crippen molar-refractivity contribution in [3.63, 3.8) is 0 Å². The fourth-order valence-electron chi connectivity index (χ4n) is 2.20. The molecule has 5 nitrogen and oxygen atoms in total. The number of carbonyl (C=O) groups excluding carboxylic acids is 1. The number of halogens is 1. The summed E-state index contributed by atoms with van der Waals surface area (Å²) in [7, 11) is -3.58. The average molecular weight is 360 g/mol. The smallest absolute Gasteiger partial charge is 0.248 e. The molecule has 2 aromatic rings. The summed E-state index contributed by atoms with van der Waals surface area (Å²) in [6.45, 7) is 0. The molecule has 0 spiro atoms. The zero-order chi connectivity index (χ0) is 17.9. The molecule has 25 heavy (non-hydrogen) atoms. The second-order valence-corrected chi connectivity index (χ2v) is 7.51. The summed E-state index contributed by atoms with van der Waals surface area (Å²) in [6, 6.07) is 11.9. The van der Waals surface area contributed by atoms with E-state index in [-0.39, 0.29) is 16.8 Å². The lowest BCUT2D eigenvalue weighted by Crippen LogP contribution is -2.25. The maximum atomic E-state index is 13.1. The summed E-state index contributed by atoms with van der Waals surface area (Å²) < 4.78 is 40.1. The van der Waals surface area contributed by atoms with Gasteiger partial charge in [-0.25, -0.2) is 17.5 Å². The molecular weight excluding hydrogens is 343 g/mol. The van der Waals surface area contributed by atoms with E-state index in [1.807, 2.05) is 0 Å². The summed E-state index contributed by atoms with van der Waals surface area (Å²) in [6.07, 6.45) is 4.44. The van der Waals surface area contributed by atoms with Crippen LogP contribution in [0.1, 0.15) is 18.4 Å². The molecule has 1 amide bonds. The molecule has 7 heteroatoms. The van der Waals surface area contributed by atoms with Gasteiger partial charge >= 0.3 is 0 Å². The Labute approximate surface area is 145 Å². The van der Waals surface area contributed by atoms with Crippen molar-refractivity contribution < 1.29 is 17.6 Å². The van der Waals surface area contributed by atoms with Gasteiger partial charge in [-0.1, -0.05) is 18.2 Å². The van der Waals surface area contributed by atoms with Gasteiger partial charge in [0.15, 0.2) is 0 Å². The second-order valence-electron chi connectivity index (χ2n) is 5.80. The van der Waals surface area contributed by atoms with Gasteiger partial charge in [0.1, 0.15) is 5.82 Å². The molecule has 1 aliphatic carbocycles. The third-order valence-corrected chi connectivity index (χ3v) is 5.11. The van der Waals surface area contributed by atoms with Crippen LogP contribution >= 0.6 is 0 Å². The molecule has 0 unspecified atom stereocenters. The minimum atomic E-state index is -3.58. The van der Waals surface area contributed by atoms with Crippen LogP contribution < -0.4 is 10.0 Å². The second kappa shape index (κ2) is 7.16. The highest BCUT2D eigenvalue weighted by atomic mass is 32.2. The Hall–Kier alpha value is -2.51. The van der Waals surface area contributed by atoms with Gasteiger partial charge in [-0.05, 0) is 54.8 Å². The van der Waals surface area contributed by atoms with E-state index in [0.29, 0.717) is 11.3 Å². The fraction of sp³-hybridized carbons (Fsp3) is 0.167. The van der Waals surface area contributed by atoms with Crippen molar-refractivity contribution in [3.05, 3.63) is 66.0 Å². The van der Waals surface area contributed by atoms with E-state index in [9.17, 15) is 17.6 Å². The number of hydrogen-bond acceptors (Lipinski definition) is 3. The summed E-state index contributed by atoms with van der Waals surface area (Å²) in [5.74, 6) is -0.822. The number of amides is 1. The molecule has 0 heterocycles. The molecule has 3 rings (SSSR count). The van der Waals surface area contributed by atoms with Crippen molar-refractivity contribution in [3.8, 4) is 0 Å². The van der Waals surface area contributed by atoms with Crippen LogP contribution in [0.5, 0.6) is 0 Å². The normalized spacial score (nSPS) is 14.6. The molecule has 1 saturated carbocycles. The third kappa shape index (κ3) is 4.98. The predicted molar refractivity (Wildman–Crippen MR) is 93.8 cm³/mol. The van der Waals surface area contributed by atoms with Crippen LogP contribution in [-0.2, 0) is 14.8 Å². The maximum absolute atomic E-state index is 13.1. The number of benzene rings is 2. The van der Waals surface area contributed by atoms with Gasteiger partial charge < -0.3 is 5.32 Å². The zero-order valence-corrected chi connectivity index (χ0v) is 14.1. The summed E-state index contributed by atoms with van der Waals surface area (Å²) in [5.41, 5.74) is 0.924. The fourth-order valence-corrected chi connectivity index (χ4v) is 3.55. The Kier molecular flexibility index (Phi) is 4.96. The number of carbonyl (C=O) groups is 1. The van der Waals surface area contributed by atoms with Crippen LogP contribution in [0, 0.1) is 5.82 Å². The average Bonchev–Trinajstić information content (AvgIpc) is 3.37. The first-order valence-corrected chi connectivity index (χ1v) is 9.28. The highest BCUT2D eigenvalue weighted by molar-refractivity contribution is 7.89. The molecule has 0 atom stereocenters. The number of rotatable bonds is 6. The summed E-state index contributed by atoms with van der Waals surface area (Å²) in [5, 5.41) is 2.60. The largest absolute Gasteiger partial charge is 0.322 e.